The van der Waals surface area contributed by atoms with E-state index in [1.54, 1.807) is 11.0 Å². The van der Waals surface area contributed by atoms with Gasteiger partial charge >= 0.3 is 6.03 Å². The molecule has 84 valence electrons. The SMILES string of the molecule is NC(=O)N1[C@H]2CC[C@@H]1c1n[nH]c(=O)cc1C2. The van der Waals surface area contributed by atoms with Gasteiger partial charge in [-0.15, -0.1) is 0 Å². The molecule has 2 aliphatic heterocycles. The summed E-state index contributed by atoms with van der Waals surface area (Å²) in [6.07, 6.45) is 2.49. The number of fused-ring (bicyclic) bond motifs is 4. The van der Waals surface area contributed by atoms with E-state index < -0.39 is 6.03 Å². The Kier molecular flexibility index (Phi) is 1.80. The van der Waals surface area contributed by atoms with Gasteiger partial charge in [0.2, 0.25) is 0 Å². The van der Waals surface area contributed by atoms with Crippen molar-refractivity contribution in [1.29, 1.82) is 0 Å². The van der Waals surface area contributed by atoms with E-state index in [-0.39, 0.29) is 17.6 Å². The van der Waals surface area contributed by atoms with Crippen molar-refractivity contribution in [2.45, 2.75) is 31.3 Å². The van der Waals surface area contributed by atoms with Gasteiger partial charge in [-0.25, -0.2) is 9.89 Å². The first-order chi connectivity index (χ1) is 7.66. The second kappa shape index (κ2) is 3.07. The molecule has 0 aromatic carbocycles. The van der Waals surface area contributed by atoms with Gasteiger partial charge in [0.05, 0.1) is 11.7 Å². The molecule has 6 heteroatoms. The third-order valence-corrected chi connectivity index (χ3v) is 3.45. The Labute approximate surface area is 91.4 Å². The highest BCUT2D eigenvalue weighted by Gasteiger charge is 2.42. The number of carbonyl (C=O) groups is 1. The van der Waals surface area contributed by atoms with E-state index in [2.05, 4.69) is 10.2 Å². The molecule has 2 amide bonds. The van der Waals surface area contributed by atoms with Gasteiger partial charge in [0.1, 0.15) is 0 Å². The van der Waals surface area contributed by atoms with E-state index in [4.69, 9.17) is 5.73 Å². The summed E-state index contributed by atoms with van der Waals surface area (Å²) in [5.41, 5.74) is 6.92. The number of urea groups is 1. The quantitative estimate of drug-likeness (QED) is 0.640. The predicted octanol–water partition coefficient (Wildman–Crippen LogP) is -0.0898. The van der Waals surface area contributed by atoms with Crippen LogP contribution in [0.5, 0.6) is 0 Å². The van der Waals surface area contributed by atoms with E-state index in [9.17, 15) is 9.59 Å². The number of aromatic nitrogens is 2. The summed E-state index contributed by atoms with van der Waals surface area (Å²) in [5.74, 6) is 0. The molecule has 2 atom stereocenters. The number of hydrogen-bond acceptors (Lipinski definition) is 3. The second-order valence-corrected chi connectivity index (χ2v) is 4.34. The number of aromatic amines is 1. The van der Waals surface area contributed by atoms with Gasteiger partial charge in [-0.1, -0.05) is 0 Å². The lowest BCUT2D eigenvalue weighted by atomic mass is 9.99. The molecule has 1 fully saturated rings. The molecule has 2 bridgehead atoms. The summed E-state index contributed by atoms with van der Waals surface area (Å²) in [6, 6.07) is 1.26. The molecule has 1 aromatic heterocycles. The molecule has 3 heterocycles. The van der Waals surface area contributed by atoms with E-state index in [0.717, 1.165) is 24.1 Å². The molecule has 0 radical (unpaired) electrons. The third kappa shape index (κ3) is 1.16. The first kappa shape index (κ1) is 9.38. The number of rotatable bonds is 0. The maximum atomic E-state index is 11.3. The molecule has 0 aliphatic carbocycles. The van der Waals surface area contributed by atoms with Crippen LogP contribution >= 0.6 is 0 Å². The van der Waals surface area contributed by atoms with Crippen molar-refractivity contribution in [3.63, 3.8) is 0 Å². The molecule has 0 saturated carbocycles. The number of nitrogens with two attached hydrogens (primary N) is 1. The number of hydrogen-bond donors (Lipinski definition) is 2. The minimum absolute atomic E-state index is 0.0527. The normalized spacial score (nSPS) is 26.6. The van der Waals surface area contributed by atoms with E-state index in [1.807, 2.05) is 0 Å². The van der Waals surface area contributed by atoms with Crippen molar-refractivity contribution in [2.24, 2.45) is 5.73 Å². The van der Waals surface area contributed by atoms with Crippen LogP contribution in [0.3, 0.4) is 0 Å². The predicted molar refractivity (Wildman–Crippen MR) is 55.7 cm³/mol. The summed E-state index contributed by atoms with van der Waals surface area (Å²) in [5, 5.41) is 6.46. The number of primary amides is 1. The molecule has 6 nitrogen and oxygen atoms in total. The Morgan fingerprint density at radius 1 is 1.56 bits per heavy atom. The van der Waals surface area contributed by atoms with Crippen LogP contribution in [0, 0.1) is 0 Å². The van der Waals surface area contributed by atoms with Gasteiger partial charge < -0.3 is 10.6 Å². The Bertz CT molecular complexity index is 510. The van der Waals surface area contributed by atoms with Crippen LogP contribution in [-0.4, -0.2) is 27.2 Å². The van der Waals surface area contributed by atoms with E-state index in [1.165, 1.54) is 0 Å². The van der Waals surface area contributed by atoms with Gasteiger partial charge in [0.15, 0.2) is 0 Å². The lowest BCUT2D eigenvalue weighted by Crippen LogP contribution is -2.45. The number of carbonyl (C=O) groups excluding carboxylic acids is 1. The van der Waals surface area contributed by atoms with Crippen molar-refractivity contribution in [3.8, 4) is 0 Å². The zero-order chi connectivity index (χ0) is 11.3. The smallest absolute Gasteiger partial charge is 0.315 e. The Morgan fingerprint density at radius 2 is 2.38 bits per heavy atom. The summed E-state index contributed by atoms with van der Waals surface area (Å²) in [4.78, 5) is 24.2. The highest BCUT2D eigenvalue weighted by atomic mass is 16.2. The van der Waals surface area contributed by atoms with Crippen LogP contribution in [0.15, 0.2) is 10.9 Å². The van der Waals surface area contributed by atoms with Gasteiger partial charge in [-0.2, -0.15) is 5.10 Å². The molecule has 3 N–H and O–H groups in total. The van der Waals surface area contributed by atoms with E-state index in [0.29, 0.717) is 6.42 Å². The summed E-state index contributed by atoms with van der Waals surface area (Å²) < 4.78 is 0. The first-order valence-corrected chi connectivity index (χ1v) is 5.33. The van der Waals surface area contributed by atoms with Crippen molar-refractivity contribution < 1.29 is 4.79 Å². The van der Waals surface area contributed by atoms with Gasteiger partial charge in [0.25, 0.3) is 5.56 Å². The summed E-state index contributed by atoms with van der Waals surface area (Å²) in [7, 11) is 0. The minimum Gasteiger partial charge on any atom is -0.351 e. The molecule has 1 saturated heterocycles. The molecular formula is C10H12N4O2. The second-order valence-electron chi connectivity index (χ2n) is 4.34. The lowest BCUT2D eigenvalue weighted by Gasteiger charge is -2.33. The van der Waals surface area contributed by atoms with Crippen molar-refractivity contribution in [3.05, 3.63) is 27.7 Å². The Morgan fingerprint density at radius 3 is 3.12 bits per heavy atom. The third-order valence-electron chi connectivity index (χ3n) is 3.45. The maximum Gasteiger partial charge on any atom is 0.315 e. The summed E-state index contributed by atoms with van der Waals surface area (Å²) in [6.45, 7) is 0. The minimum atomic E-state index is -0.397. The standard InChI is InChI=1S/C10H12N4O2/c11-10(16)14-6-1-2-7(14)9-5(3-6)4-8(15)12-13-9/h4,6-7H,1-3H2,(H2,11,16)(H,12,15)/t6-,7+/m0/s1. The van der Waals surface area contributed by atoms with Crippen LogP contribution < -0.4 is 11.3 Å². The number of nitrogens with zero attached hydrogens (tertiary/aromatic N) is 2. The highest BCUT2D eigenvalue weighted by molar-refractivity contribution is 5.74. The molecular weight excluding hydrogens is 208 g/mol. The first-order valence-electron chi connectivity index (χ1n) is 5.33. The monoisotopic (exact) mass is 220 g/mol. The van der Waals surface area contributed by atoms with Crippen molar-refractivity contribution >= 4 is 6.03 Å². The summed E-state index contributed by atoms with van der Waals surface area (Å²) >= 11 is 0. The fraction of sp³-hybridized carbons (Fsp3) is 0.500. The molecule has 2 aliphatic rings. The number of H-pyrrole nitrogens is 1. The average molecular weight is 220 g/mol. The van der Waals surface area contributed by atoms with Crippen molar-refractivity contribution in [1.82, 2.24) is 15.1 Å². The maximum absolute atomic E-state index is 11.3. The molecule has 3 rings (SSSR count). The molecule has 0 spiro atoms. The van der Waals surface area contributed by atoms with Gasteiger partial charge in [0, 0.05) is 12.1 Å². The average Bonchev–Trinajstić information content (AvgIpc) is 2.54. The van der Waals surface area contributed by atoms with E-state index >= 15 is 0 Å². The number of nitrogens with one attached hydrogen (secondary N) is 1. The van der Waals surface area contributed by atoms with Crippen LogP contribution in [0.2, 0.25) is 0 Å². The fourth-order valence-corrected chi connectivity index (χ4v) is 2.84. The zero-order valence-corrected chi connectivity index (χ0v) is 8.64. The van der Waals surface area contributed by atoms with Gasteiger partial charge in [-0.3, -0.25) is 4.79 Å². The zero-order valence-electron chi connectivity index (χ0n) is 8.64. The molecule has 1 aromatic rings. The lowest BCUT2D eigenvalue weighted by molar-refractivity contribution is 0.173. The number of amides is 2. The van der Waals surface area contributed by atoms with Gasteiger partial charge in [-0.05, 0) is 24.8 Å². The fourth-order valence-electron chi connectivity index (χ4n) is 2.84. The Balaban J connectivity index is 2.11. The highest BCUT2D eigenvalue weighted by Crippen LogP contribution is 2.41. The topological polar surface area (TPSA) is 92.1 Å². The van der Waals surface area contributed by atoms with Crippen LogP contribution in [0.1, 0.15) is 30.1 Å². The molecule has 0 unspecified atom stereocenters. The van der Waals surface area contributed by atoms with Crippen LogP contribution in [0.25, 0.3) is 0 Å². The Hall–Kier alpha value is -1.85. The van der Waals surface area contributed by atoms with Crippen molar-refractivity contribution in [2.75, 3.05) is 0 Å². The van der Waals surface area contributed by atoms with Crippen LogP contribution in [0.4, 0.5) is 4.79 Å². The van der Waals surface area contributed by atoms with Crippen LogP contribution in [-0.2, 0) is 6.42 Å². The largest absolute Gasteiger partial charge is 0.351 e. The molecule has 16 heavy (non-hydrogen) atoms.